The first kappa shape index (κ1) is 15.5. The molecule has 0 aliphatic carbocycles. The van der Waals surface area contributed by atoms with E-state index in [0.717, 1.165) is 0 Å². The molecule has 0 atom stereocenters. The van der Waals surface area contributed by atoms with Crippen LogP contribution in [0.1, 0.15) is 0 Å². The van der Waals surface area contributed by atoms with Crippen LogP contribution in [0.3, 0.4) is 0 Å². The van der Waals surface area contributed by atoms with Crippen LogP contribution in [0.15, 0.2) is 41.2 Å². The van der Waals surface area contributed by atoms with E-state index in [4.69, 9.17) is 9.47 Å². The quantitative estimate of drug-likeness (QED) is 0.590. The molecule has 3 aromatic rings. The number of carbonyl (C=O) groups is 1. The molecule has 1 aromatic heterocycles. The fourth-order valence-electron chi connectivity index (χ4n) is 2.28. The minimum atomic E-state index is -0.428. The first-order valence-corrected chi connectivity index (χ1v) is 7.10. The number of H-pyrrole nitrogens is 2. The molecule has 0 saturated heterocycles. The molecule has 8 nitrogen and oxygen atoms in total. The summed E-state index contributed by atoms with van der Waals surface area (Å²) >= 11 is 0. The second-order valence-corrected chi connectivity index (χ2v) is 5.02. The van der Waals surface area contributed by atoms with Gasteiger partial charge in [-0.25, -0.2) is 9.59 Å². The summed E-state index contributed by atoms with van der Waals surface area (Å²) in [7, 11) is 3.07. The van der Waals surface area contributed by atoms with Gasteiger partial charge in [-0.05, 0) is 18.2 Å². The number of hydrogen-bond donors (Lipinski definition) is 4. The molecule has 0 aliphatic rings. The van der Waals surface area contributed by atoms with Crippen LogP contribution >= 0.6 is 0 Å². The Hall–Kier alpha value is -3.42. The molecule has 124 valence electrons. The van der Waals surface area contributed by atoms with Gasteiger partial charge in [0.25, 0.3) is 0 Å². The van der Waals surface area contributed by atoms with Crippen LogP contribution in [0.25, 0.3) is 11.0 Å². The number of amides is 2. The summed E-state index contributed by atoms with van der Waals surface area (Å²) in [5, 5.41) is 5.40. The Bertz CT molecular complexity index is 922. The van der Waals surface area contributed by atoms with Gasteiger partial charge in [-0.15, -0.1) is 0 Å². The Morgan fingerprint density at radius 3 is 2.17 bits per heavy atom. The lowest BCUT2D eigenvalue weighted by molar-refractivity contribution is 0.262. The van der Waals surface area contributed by atoms with Gasteiger partial charge >= 0.3 is 11.7 Å². The van der Waals surface area contributed by atoms with Crippen molar-refractivity contribution < 1.29 is 14.3 Å². The van der Waals surface area contributed by atoms with Crippen molar-refractivity contribution in [3.63, 3.8) is 0 Å². The third-order valence-electron chi connectivity index (χ3n) is 3.38. The molecule has 24 heavy (non-hydrogen) atoms. The molecule has 2 aromatic carbocycles. The number of nitrogens with one attached hydrogen (secondary N) is 4. The zero-order valence-corrected chi connectivity index (χ0v) is 13.1. The lowest BCUT2D eigenvalue weighted by Gasteiger charge is -2.11. The average molecular weight is 328 g/mol. The molecule has 0 fully saturated rings. The maximum absolute atomic E-state index is 12.1. The number of benzene rings is 2. The van der Waals surface area contributed by atoms with Crippen molar-refractivity contribution in [2.45, 2.75) is 0 Å². The van der Waals surface area contributed by atoms with Gasteiger partial charge in [0.05, 0.1) is 25.3 Å². The van der Waals surface area contributed by atoms with Gasteiger partial charge in [0, 0.05) is 29.6 Å². The number of urea groups is 1. The highest BCUT2D eigenvalue weighted by Crippen LogP contribution is 2.26. The monoisotopic (exact) mass is 328 g/mol. The lowest BCUT2D eigenvalue weighted by Crippen LogP contribution is -2.19. The molecule has 1 heterocycles. The van der Waals surface area contributed by atoms with Gasteiger partial charge in [-0.2, -0.15) is 0 Å². The molecule has 4 N–H and O–H groups in total. The summed E-state index contributed by atoms with van der Waals surface area (Å²) in [6.07, 6.45) is 0. The van der Waals surface area contributed by atoms with E-state index in [2.05, 4.69) is 20.6 Å². The highest BCUT2D eigenvalue weighted by molar-refractivity contribution is 6.00. The minimum absolute atomic E-state index is 0.296. The molecule has 0 spiro atoms. The van der Waals surface area contributed by atoms with Crippen molar-refractivity contribution in [2.24, 2.45) is 0 Å². The third kappa shape index (κ3) is 3.32. The largest absolute Gasteiger partial charge is 0.497 e. The number of carbonyl (C=O) groups excluding carboxylic acids is 1. The molecular formula is C16H16N4O4. The molecule has 0 saturated carbocycles. The van der Waals surface area contributed by atoms with Crippen molar-refractivity contribution >= 4 is 28.4 Å². The smallest absolute Gasteiger partial charge is 0.323 e. The summed E-state index contributed by atoms with van der Waals surface area (Å²) < 4.78 is 10.3. The van der Waals surface area contributed by atoms with E-state index in [1.807, 2.05) is 0 Å². The Labute approximate surface area is 136 Å². The predicted octanol–water partition coefficient (Wildman–Crippen LogP) is 2.52. The summed E-state index contributed by atoms with van der Waals surface area (Å²) in [5.41, 5.74) is 2.06. The molecule has 0 aliphatic heterocycles. The number of aromatic nitrogens is 2. The number of fused-ring (bicyclic) bond motifs is 1. The first-order valence-electron chi connectivity index (χ1n) is 7.10. The number of ether oxygens (including phenoxy) is 2. The number of anilines is 2. The predicted molar refractivity (Wildman–Crippen MR) is 91.1 cm³/mol. The number of methoxy groups -OCH3 is 2. The van der Waals surface area contributed by atoms with Crippen molar-refractivity contribution in [2.75, 3.05) is 24.9 Å². The van der Waals surface area contributed by atoms with E-state index < -0.39 is 6.03 Å². The van der Waals surface area contributed by atoms with E-state index in [9.17, 15) is 9.59 Å². The maximum atomic E-state index is 12.1. The van der Waals surface area contributed by atoms with E-state index in [1.54, 1.807) is 36.4 Å². The topological polar surface area (TPSA) is 108 Å². The van der Waals surface area contributed by atoms with Gasteiger partial charge in [0.1, 0.15) is 11.5 Å². The van der Waals surface area contributed by atoms with E-state index >= 15 is 0 Å². The molecule has 0 unspecified atom stereocenters. The van der Waals surface area contributed by atoms with Crippen molar-refractivity contribution in [3.05, 3.63) is 46.9 Å². The van der Waals surface area contributed by atoms with E-state index in [-0.39, 0.29) is 5.69 Å². The van der Waals surface area contributed by atoms with Crippen LogP contribution in [0, 0.1) is 0 Å². The van der Waals surface area contributed by atoms with Gasteiger partial charge in [0.15, 0.2) is 0 Å². The molecular weight excluding hydrogens is 312 g/mol. The van der Waals surface area contributed by atoms with Gasteiger partial charge in [0.2, 0.25) is 0 Å². The van der Waals surface area contributed by atoms with Crippen LogP contribution in [0.5, 0.6) is 11.5 Å². The zero-order chi connectivity index (χ0) is 17.1. The average Bonchev–Trinajstić information content (AvgIpc) is 2.93. The van der Waals surface area contributed by atoms with Crippen molar-refractivity contribution in [1.82, 2.24) is 9.97 Å². The lowest BCUT2D eigenvalue weighted by atomic mass is 10.2. The van der Waals surface area contributed by atoms with Crippen LogP contribution in [0.4, 0.5) is 16.2 Å². The first-order chi connectivity index (χ1) is 11.6. The zero-order valence-electron chi connectivity index (χ0n) is 13.1. The molecule has 0 radical (unpaired) electrons. The summed E-state index contributed by atoms with van der Waals surface area (Å²) in [6.45, 7) is 0. The van der Waals surface area contributed by atoms with Gasteiger partial charge in [-0.1, -0.05) is 0 Å². The van der Waals surface area contributed by atoms with Gasteiger partial charge in [-0.3, -0.25) is 0 Å². The van der Waals surface area contributed by atoms with Crippen molar-refractivity contribution in [1.29, 1.82) is 0 Å². The van der Waals surface area contributed by atoms with E-state index in [1.165, 1.54) is 14.2 Å². The third-order valence-corrected chi connectivity index (χ3v) is 3.38. The number of aromatic amines is 2. The van der Waals surface area contributed by atoms with Crippen LogP contribution in [0.2, 0.25) is 0 Å². The Morgan fingerprint density at radius 2 is 1.50 bits per heavy atom. The highest BCUT2D eigenvalue weighted by atomic mass is 16.5. The van der Waals surface area contributed by atoms with Crippen LogP contribution < -0.4 is 25.8 Å². The van der Waals surface area contributed by atoms with E-state index in [0.29, 0.717) is 33.9 Å². The Balaban J connectivity index is 1.75. The molecule has 0 bridgehead atoms. The normalized spacial score (nSPS) is 10.4. The molecule has 2 amide bonds. The highest BCUT2D eigenvalue weighted by Gasteiger charge is 2.07. The second-order valence-electron chi connectivity index (χ2n) is 5.02. The molecule has 3 rings (SSSR count). The maximum Gasteiger partial charge on any atom is 0.323 e. The number of rotatable bonds is 4. The van der Waals surface area contributed by atoms with Gasteiger partial charge < -0.3 is 30.1 Å². The summed E-state index contributed by atoms with van der Waals surface area (Å²) in [4.78, 5) is 28.7. The van der Waals surface area contributed by atoms with Crippen LogP contribution in [-0.2, 0) is 0 Å². The number of hydrogen-bond acceptors (Lipinski definition) is 4. The molecule has 8 heteroatoms. The number of imidazole rings is 1. The van der Waals surface area contributed by atoms with Crippen LogP contribution in [-0.4, -0.2) is 30.2 Å². The fraction of sp³-hybridized carbons (Fsp3) is 0.125. The Kier molecular flexibility index (Phi) is 4.11. The standard InChI is InChI=1S/C16H16N4O4/c1-23-11-5-10(6-12(8-11)24-2)18-15(21)17-9-3-4-13-14(7-9)20-16(22)19-13/h3-8H,1-2H3,(H2,17,18,21)(H2,19,20,22). The van der Waals surface area contributed by atoms with Crippen molar-refractivity contribution in [3.8, 4) is 11.5 Å². The summed E-state index contributed by atoms with van der Waals surface area (Å²) in [5.74, 6) is 1.13. The SMILES string of the molecule is COc1cc(NC(=O)Nc2ccc3[nH]c(=O)[nH]c3c2)cc(OC)c1. The Morgan fingerprint density at radius 1 is 0.875 bits per heavy atom. The fourth-order valence-corrected chi connectivity index (χ4v) is 2.28. The minimum Gasteiger partial charge on any atom is -0.497 e. The summed E-state index contributed by atoms with van der Waals surface area (Å²) in [6, 6.07) is 9.69. The second kappa shape index (κ2) is 6.37.